The molecule has 2 atom stereocenters. The second-order valence-electron chi connectivity index (χ2n) is 6.22. The quantitative estimate of drug-likeness (QED) is 0.676. The Labute approximate surface area is 150 Å². The third kappa shape index (κ3) is 3.27. The Bertz CT molecular complexity index is 913. The van der Waals surface area contributed by atoms with Crippen LogP contribution in [0.2, 0.25) is 0 Å². The third-order valence-electron chi connectivity index (χ3n) is 4.44. The molecule has 26 heavy (non-hydrogen) atoms. The van der Waals surface area contributed by atoms with Crippen molar-refractivity contribution in [2.75, 3.05) is 10.6 Å². The number of nitrogens with one attached hydrogen (secondary N) is 2. The van der Waals surface area contributed by atoms with E-state index in [0.717, 1.165) is 11.1 Å². The van der Waals surface area contributed by atoms with Crippen molar-refractivity contribution in [3.63, 3.8) is 0 Å². The van der Waals surface area contributed by atoms with Gasteiger partial charge in [0.25, 0.3) is 5.91 Å². The zero-order valence-corrected chi connectivity index (χ0v) is 14.0. The molecule has 4 rings (SSSR count). The monoisotopic (exact) mass is 346 g/mol. The molecule has 0 spiro atoms. The molecule has 3 aromatic rings. The zero-order chi connectivity index (χ0) is 17.9. The van der Waals surface area contributed by atoms with E-state index in [0.29, 0.717) is 17.9 Å². The molecule has 1 aliphatic rings. The number of aliphatic hydroxyl groups is 1. The smallest absolute Gasteiger partial charge is 0.276 e. The standard InChI is InChI=1S/C20H18N4O2/c25-17-12-13-6-4-5-9-15(13)19(17)22-18-11-10-16(23-24-18)20(26)21-14-7-2-1-3-8-14/h1-11,17,19,25H,12H2,(H,21,26)(H,22,24)/t17-,19+/m1/s1. The maximum absolute atomic E-state index is 12.2. The van der Waals surface area contributed by atoms with Crippen molar-refractivity contribution in [1.29, 1.82) is 0 Å². The van der Waals surface area contributed by atoms with Crippen LogP contribution in [0.25, 0.3) is 0 Å². The van der Waals surface area contributed by atoms with E-state index in [2.05, 4.69) is 20.8 Å². The van der Waals surface area contributed by atoms with Crippen LogP contribution in [0.1, 0.15) is 27.7 Å². The lowest BCUT2D eigenvalue weighted by atomic mass is 10.1. The number of fused-ring (bicyclic) bond motifs is 1. The highest BCUT2D eigenvalue weighted by molar-refractivity contribution is 6.02. The maximum Gasteiger partial charge on any atom is 0.276 e. The van der Waals surface area contributed by atoms with Crippen LogP contribution in [0.15, 0.2) is 66.7 Å². The molecular formula is C20H18N4O2. The summed E-state index contributed by atoms with van der Waals surface area (Å²) in [6.07, 6.45) is 0.0917. The van der Waals surface area contributed by atoms with Crippen LogP contribution in [-0.4, -0.2) is 27.3 Å². The molecule has 0 bridgehead atoms. The van der Waals surface area contributed by atoms with Gasteiger partial charge in [0, 0.05) is 12.1 Å². The van der Waals surface area contributed by atoms with Crippen molar-refractivity contribution in [3.05, 3.63) is 83.6 Å². The van der Waals surface area contributed by atoms with E-state index < -0.39 is 6.10 Å². The molecule has 0 saturated carbocycles. The Hall–Kier alpha value is -3.25. The maximum atomic E-state index is 12.2. The van der Waals surface area contributed by atoms with Crippen LogP contribution < -0.4 is 10.6 Å². The molecule has 1 aliphatic carbocycles. The fraction of sp³-hybridized carbons (Fsp3) is 0.150. The number of carbonyl (C=O) groups excluding carboxylic acids is 1. The zero-order valence-electron chi connectivity index (χ0n) is 14.0. The lowest BCUT2D eigenvalue weighted by molar-refractivity contribution is 0.102. The average Bonchev–Trinajstić information content (AvgIpc) is 2.98. The van der Waals surface area contributed by atoms with E-state index in [1.54, 1.807) is 24.3 Å². The molecule has 130 valence electrons. The topological polar surface area (TPSA) is 87.1 Å². The van der Waals surface area contributed by atoms with E-state index in [-0.39, 0.29) is 17.6 Å². The highest BCUT2D eigenvalue weighted by Gasteiger charge is 2.30. The van der Waals surface area contributed by atoms with Gasteiger partial charge in [-0.1, -0.05) is 42.5 Å². The molecule has 0 saturated heterocycles. The Kier molecular flexibility index (Phi) is 4.33. The minimum atomic E-state index is -0.518. The molecule has 1 heterocycles. The molecule has 1 aromatic heterocycles. The van der Waals surface area contributed by atoms with Crippen molar-refractivity contribution in [3.8, 4) is 0 Å². The molecule has 3 N–H and O–H groups in total. The first-order valence-electron chi connectivity index (χ1n) is 8.43. The van der Waals surface area contributed by atoms with Gasteiger partial charge in [0.05, 0.1) is 12.1 Å². The summed E-state index contributed by atoms with van der Waals surface area (Å²) in [6, 6.07) is 20.2. The van der Waals surface area contributed by atoms with Crippen LogP contribution in [-0.2, 0) is 6.42 Å². The average molecular weight is 346 g/mol. The summed E-state index contributed by atoms with van der Waals surface area (Å²) in [7, 11) is 0. The third-order valence-corrected chi connectivity index (χ3v) is 4.44. The summed E-state index contributed by atoms with van der Waals surface area (Å²) in [6.45, 7) is 0. The predicted molar refractivity (Wildman–Crippen MR) is 98.9 cm³/mol. The minimum absolute atomic E-state index is 0.228. The summed E-state index contributed by atoms with van der Waals surface area (Å²) < 4.78 is 0. The lowest BCUT2D eigenvalue weighted by Gasteiger charge is -2.18. The fourth-order valence-electron chi connectivity index (χ4n) is 3.15. The van der Waals surface area contributed by atoms with Crippen LogP contribution in [0.5, 0.6) is 0 Å². The minimum Gasteiger partial charge on any atom is -0.390 e. The van der Waals surface area contributed by atoms with Gasteiger partial charge < -0.3 is 15.7 Å². The molecule has 6 nitrogen and oxygen atoms in total. The van der Waals surface area contributed by atoms with Gasteiger partial charge in [0.1, 0.15) is 5.82 Å². The predicted octanol–water partition coefficient (Wildman–Crippen LogP) is 2.80. The van der Waals surface area contributed by atoms with E-state index in [1.165, 1.54) is 0 Å². The molecular weight excluding hydrogens is 328 g/mol. The fourth-order valence-corrected chi connectivity index (χ4v) is 3.15. The van der Waals surface area contributed by atoms with Crippen molar-refractivity contribution in [2.24, 2.45) is 0 Å². The van der Waals surface area contributed by atoms with Gasteiger partial charge in [-0.15, -0.1) is 10.2 Å². The molecule has 1 amide bonds. The number of carbonyl (C=O) groups is 1. The number of hydrogen-bond donors (Lipinski definition) is 3. The number of rotatable bonds is 4. The molecule has 0 fully saturated rings. The van der Waals surface area contributed by atoms with E-state index in [1.807, 2.05) is 42.5 Å². The number of amides is 1. The second-order valence-corrected chi connectivity index (χ2v) is 6.22. The Balaban J connectivity index is 1.46. The first-order valence-corrected chi connectivity index (χ1v) is 8.43. The Morgan fingerprint density at radius 1 is 0.962 bits per heavy atom. The van der Waals surface area contributed by atoms with Crippen molar-refractivity contribution < 1.29 is 9.90 Å². The van der Waals surface area contributed by atoms with Crippen LogP contribution in [0, 0.1) is 0 Å². The summed E-state index contributed by atoms with van der Waals surface area (Å²) in [5, 5.41) is 24.4. The molecule has 0 unspecified atom stereocenters. The van der Waals surface area contributed by atoms with Gasteiger partial charge in [-0.25, -0.2) is 0 Å². The second kappa shape index (κ2) is 6.93. The van der Waals surface area contributed by atoms with Gasteiger partial charge in [-0.05, 0) is 35.4 Å². The SMILES string of the molecule is O=C(Nc1ccccc1)c1ccc(N[C@H]2c3ccccc3C[C@H]2O)nn1. The van der Waals surface area contributed by atoms with Crippen molar-refractivity contribution in [2.45, 2.75) is 18.6 Å². The van der Waals surface area contributed by atoms with E-state index >= 15 is 0 Å². The summed E-state index contributed by atoms with van der Waals surface area (Å²) >= 11 is 0. The molecule has 6 heteroatoms. The van der Waals surface area contributed by atoms with Crippen molar-refractivity contribution in [1.82, 2.24) is 10.2 Å². The van der Waals surface area contributed by atoms with Gasteiger partial charge in [-0.3, -0.25) is 4.79 Å². The van der Waals surface area contributed by atoms with Gasteiger partial charge in [0.2, 0.25) is 0 Å². The highest BCUT2D eigenvalue weighted by atomic mass is 16.3. The van der Waals surface area contributed by atoms with E-state index in [9.17, 15) is 9.90 Å². The van der Waals surface area contributed by atoms with Crippen LogP contribution >= 0.6 is 0 Å². The molecule has 2 aromatic carbocycles. The number of para-hydroxylation sites is 1. The first-order chi connectivity index (χ1) is 12.7. The molecule has 0 aliphatic heterocycles. The Morgan fingerprint density at radius 3 is 2.50 bits per heavy atom. The van der Waals surface area contributed by atoms with Crippen molar-refractivity contribution >= 4 is 17.4 Å². The number of nitrogens with zero attached hydrogens (tertiary/aromatic N) is 2. The lowest BCUT2D eigenvalue weighted by Crippen LogP contribution is -2.22. The van der Waals surface area contributed by atoms with Crippen LogP contribution in [0.3, 0.4) is 0 Å². The summed E-state index contributed by atoms with van der Waals surface area (Å²) in [4.78, 5) is 12.2. The number of aromatic nitrogens is 2. The Morgan fingerprint density at radius 2 is 1.73 bits per heavy atom. The largest absolute Gasteiger partial charge is 0.390 e. The number of anilines is 2. The normalized spacial score (nSPS) is 18.2. The van der Waals surface area contributed by atoms with Gasteiger partial charge in [-0.2, -0.15) is 0 Å². The van der Waals surface area contributed by atoms with Crippen LogP contribution in [0.4, 0.5) is 11.5 Å². The molecule has 0 radical (unpaired) electrons. The number of hydrogen-bond acceptors (Lipinski definition) is 5. The van der Waals surface area contributed by atoms with Gasteiger partial charge >= 0.3 is 0 Å². The first kappa shape index (κ1) is 16.2. The summed E-state index contributed by atoms with van der Waals surface area (Å²) in [5.74, 6) is 0.198. The number of benzene rings is 2. The highest BCUT2D eigenvalue weighted by Crippen LogP contribution is 2.33. The van der Waals surface area contributed by atoms with E-state index in [4.69, 9.17) is 0 Å². The number of aliphatic hydroxyl groups excluding tert-OH is 1. The van der Waals surface area contributed by atoms with Gasteiger partial charge in [0.15, 0.2) is 5.69 Å². The summed E-state index contributed by atoms with van der Waals surface area (Å²) in [5.41, 5.74) is 3.12.